The smallest absolute Gasteiger partial charge is 0.353 e. The molecule has 8 heteroatoms. The second kappa shape index (κ2) is 5.44. The molecule has 0 aromatic rings. The quantitative estimate of drug-likeness (QED) is 0.492. The third-order valence-electron chi connectivity index (χ3n) is 4.06. The van der Waals surface area contributed by atoms with E-state index in [0.29, 0.717) is 4.91 Å². The second-order valence-electron chi connectivity index (χ2n) is 5.95. The van der Waals surface area contributed by atoms with Crippen LogP contribution in [0.5, 0.6) is 0 Å². The van der Waals surface area contributed by atoms with Gasteiger partial charge in [0.1, 0.15) is 5.70 Å². The molecule has 0 saturated carbocycles. The number of carbonyl (C=O) groups is 3. The number of β-lactam (4-membered cyclic amide) rings is 1. The van der Waals surface area contributed by atoms with Gasteiger partial charge >= 0.3 is 5.97 Å². The number of fused-ring (bicyclic) bond motifs is 1. The molecule has 3 atom stereocenters. The lowest BCUT2D eigenvalue weighted by molar-refractivity contribution is -0.166. The zero-order valence-corrected chi connectivity index (χ0v) is 13.3. The molecule has 0 aromatic carbocycles. The maximum Gasteiger partial charge on any atom is 0.353 e. The Morgan fingerprint density at radius 1 is 1.45 bits per heavy atom. The molecule has 0 bridgehead atoms. The Bertz CT molecular complexity index is 608. The van der Waals surface area contributed by atoms with Crippen LogP contribution in [-0.4, -0.2) is 45.0 Å². The van der Waals surface area contributed by atoms with Crippen LogP contribution in [0.2, 0.25) is 0 Å². The van der Waals surface area contributed by atoms with Gasteiger partial charge < -0.3 is 20.8 Å². The van der Waals surface area contributed by atoms with Gasteiger partial charge in [-0.05, 0) is 12.3 Å². The Labute approximate surface area is 131 Å². The highest BCUT2D eigenvalue weighted by Gasteiger charge is 2.64. The summed E-state index contributed by atoms with van der Waals surface area (Å²) in [5.41, 5.74) is 4.29. The van der Waals surface area contributed by atoms with Gasteiger partial charge in [-0.2, -0.15) is 0 Å². The van der Waals surface area contributed by atoms with Gasteiger partial charge in [-0.15, -0.1) is 0 Å². The summed E-state index contributed by atoms with van der Waals surface area (Å²) in [6.07, 6.45) is 0.282. The van der Waals surface area contributed by atoms with Gasteiger partial charge in [-0.1, -0.05) is 25.6 Å². The highest BCUT2D eigenvalue weighted by Crippen LogP contribution is 2.57. The highest BCUT2D eigenvalue weighted by atomic mass is 32.2. The molecule has 2 amide bonds. The number of primary amides is 1. The van der Waals surface area contributed by atoms with E-state index >= 15 is 0 Å². The molecule has 2 rings (SSSR count). The number of aliphatic carboxylic acids is 1. The lowest BCUT2D eigenvalue weighted by Crippen LogP contribution is -2.65. The summed E-state index contributed by atoms with van der Waals surface area (Å²) in [4.78, 5) is 36.2. The molecule has 3 unspecified atom stereocenters. The molecule has 1 fully saturated rings. The first-order valence-electron chi connectivity index (χ1n) is 6.72. The van der Waals surface area contributed by atoms with Crippen LogP contribution in [0.1, 0.15) is 20.8 Å². The number of hydrogen-bond donors (Lipinski definition) is 3. The first-order chi connectivity index (χ1) is 10.1. The first kappa shape index (κ1) is 16.6. The molecular formula is C14H18N2O5S. The summed E-state index contributed by atoms with van der Waals surface area (Å²) in [5.74, 6) is -2.85. The number of hydrogen-bond acceptors (Lipinski definition) is 5. The van der Waals surface area contributed by atoms with E-state index < -0.39 is 35.4 Å². The molecule has 0 spiro atoms. The van der Waals surface area contributed by atoms with Crippen LogP contribution in [0, 0.1) is 11.3 Å². The summed E-state index contributed by atoms with van der Waals surface area (Å²) < 4.78 is 0. The summed E-state index contributed by atoms with van der Waals surface area (Å²) in [5, 5.41) is 20.6. The fourth-order valence-corrected chi connectivity index (χ4v) is 4.19. The number of nitrogens with zero attached hydrogens (tertiary/aromatic N) is 1. The topological polar surface area (TPSA) is 121 Å². The number of rotatable bonds is 5. The standard InChI is InChI=1S/C14H18N2O5S/c1-6(17)8-10-14(2,3)11(22-5-4-7(15)18)9(13(20)21)16(10)12(8)19/h4-6,8,10,17H,1-3H3,(H2,15,18)(H,20,21). The van der Waals surface area contributed by atoms with Crippen molar-refractivity contribution < 1.29 is 24.6 Å². The highest BCUT2D eigenvalue weighted by molar-refractivity contribution is 8.05. The van der Waals surface area contributed by atoms with Gasteiger partial charge in [0, 0.05) is 16.4 Å². The lowest BCUT2D eigenvalue weighted by Gasteiger charge is -2.49. The molecule has 7 nitrogen and oxygen atoms in total. The average molecular weight is 326 g/mol. The van der Waals surface area contributed by atoms with Crippen LogP contribution in [0.3, 0.4) is 0 Å². The number of carboxylic acids is 1. The number of carboxylic acid groups (broad SMARTS) is 1. The van der Waals surface area contributed by atoms with Crippen LogP contribution >= 0.6 is 11.8 Å². The minimum atomic E-state index is -1.21. The molecule has 0 aromatic heterocycles. The fourth-order valence-electron chi connectivity index (χ4n) is 3.13. The Hall–Kier alpha value is -1.80. The van der Waals surface area contributed by atoms with Crippen molar-refractivity contribution in [2.75, 3.05) is 0 Å². The molecule has 120 valence electrons. The van der Waals surface area contributed by atoms with Crippen LogP contribution in [0.15, 0.2) is 22.1 Å². The van der Waals surface area contributed by atoms with Crippen LogP contribution < -0.4 is 5.73 Å². The monoisotopic (exact) mass is 326 g/mol. The van der Waals surface area contributed by atoms with Crippen molar-refractivity contribution in [1.29, 1.82) is 0 Å². The van der Waals surface area contributed by atoms with Gasteiger partial charge in [0.2, 0.25) is 11.8 Å². The summed E-state index contributed by atoms with van der Waals surface area (Å²) in [6.45, 7) is 5.17. The second-order valence-corrected chi connectivity index (χ2v) is 6.86. The van der Waals surface area contributed by atoms with Gasteiger partial charge in [-0.3, -0.25) is 9.59 Å². The Balaban J connectivity index is 2.43. The minimum Gasteiger partial charge on any atom is -0.477 e. The van der Waals surface area contributed by atoms with Crippen molar-refractivity contribution in [3.8, 4) is 0 Å². The van der Waals surface area contributed by atoms with E-state index in [1.807, 2.05) is 13.8 Å². The summed E-state index contributed by atoms with van der Waals surface area (Å²) in [6, 6.07) is -0.407. The molecule has 2 aliphatic heterocycles. The van der Waals surface area contributed by atoms with Crippen molar-refractivity contribution in [3.63, 3.8) is 0 Å². The number of amides is 2. The lowest BCUT2D eigenvalue weighted by atomic mass is 9.71. The molecule has 2 heterocycles. The average Bonchev–Trinajstić information content (AvgIpc) is 2.55. The largest absolute Gasteiger partial charge is 0.477 e. The number of aliphatic hydroxyl groups is 1. The zero-order chi connectivity index (χ0) is 16.8. The maximum atomic E-state index is 12.2. The number of aliphatic hydroxyl groups excluding tert-OH is 1. The van der Waals surface area contributed by atoms with E-state index in [4.69, 9.17) is 5.73 Å². The predicted molar refractivity (Wildman–Crippen MR) is 80.2 cm³/mol. The Morgan fingerprint density at radius 2 is 2.05 bits per heavy atom. The van der Waals surface area contributed by atoms with E-state index in [0.717, 1.165) is 17.8 Å². The van der Waals surface area contributed by atoms with Crippen molar-refractivity contribution >= 4 is 29.5 Å². The number of carbonyl (C=O) groups excluding carboxylic acids is 2. The van der Waals surface area contributed by atoms with E-state index in [2.05, 4.69) is 0 Å². The maximum absolute atomic E-state index is 12.2. The Morgan fingerprint density at radius 3 is 2.50 bits per heavy atom. The molecule has 1 saturated heterocycles. The minimum absolute atomic E-state index is 0.0870. The van der Waals surface area contributed by atoms with Crippen molar-refractivity contribution in [2.45, 2.75) is 32.9 Å². The Kier molecular flexibility index (Phi) is 4.09. The van der Waals surface area contributed by atoms with Gasteiger partial charge in [0.25, 0.3) is 0 Å². The van der Waals surface area contributed by atoms with E-state index in [-0.39, 0.29) is 11.6 Å². The van der Waals surface area contributed by atoms with Crippen LogP contribution in [-0.2, 0) is 14.4 Å². The van der Waals surface area contributed by atoms with E-state index in [1.165, 1.54) is 17.2 Å². The van der Waals surface area contributed by atoms with E-state index in [1.54, 1.807) is 0 Å². The van der Waals surface area contributed by atoms with Gasteiger partial charge in [0.05, 0.1) is 18.1 Å². The van der Waals surface area contributed by atoms with E-state index in [9.17, 15) is 24.6 Å². The SMILES string of the molecule is CC(O)C1C(=O)N2C(C(=O)O)=C(SC=CC(N)=O)C(C)(C)C12. The third kappa shape index (κ3) is 2.32. The molecule has 0 radical (unpaired) electrons. The normalized spacial score (nSPS) is 27.8. The van der Waals surface area contributed by atoms with Crippen molar-refractivity contribution in [3.05, 3.63) is 22.1 Å². The van der Waals surface area contributed by atoms with Gasteiger partial charge in [0.15, 0.2) is 0 Å². The van der Waals surface area contributed by atoms with Crippen LogP contribution in [0.25, 0.3) is 0 Å². The molecular weight excluding hydrogens is 308 g/mol. The van der Waals surface area contributed by atoms with Crippen LogP contribution in [0.4, 0.5) is 0 Å². The number of nitrogens with two attached hydrogens (primary N) is 1. The van der Waals surface area contributed by atoms with Crippen molar-refractivity contribution in [2.24, 2.45) is 17.1 Å². The fraction of sp³-hybridized carbons (Fsp3) is 0.500. The third-order valence-corrected chi connectivity index (χ3v) is 5.29. The molecule has 4 N–H and O–H groups in total. The first-order valence-corrected chi connectivity index (χ1v) is 7.60. The van der Waals surface area contributed by atoms with Crippen molar-refractivity contribution in [1.82, 2.24) is 4.90 Å². The number of thioether (sulfide) groups is 1. The zero-order valence-electron chi connectivity index (χ0n) is 12.4. The summed E-state index contributed by atoms with van der Waals surface area (Å²) >= 11 is 1.06. The summed E-state index contributed by atoms with van der Waals surface area (Å²) in [7, 11) is 0. The molecule has 2 aliphatic rings. The molecule has 0 aliphatic carbocycles. The predicted octanol–water partition coefficient (Wildman–Crippen LogP) is 0.262. The molecule has 22 heavy (non-hydrogen) atoms. The van der Waals surface area contributed by atoms with Gasteiger partial charge in [-0.25, -0.2) is 4.79 Å².